The van der Waals surface area contributed by atoms with E-state index in [9.17, 15) is 9.59 Å². The van der Waals surface area contributed by atoms with Crippen LogP contribution in [0.1, 0.15) is 26.7 Å². The molecule has 0 radical (unpaired) electrons. The first-order valence-electron chi connectivity index (χ1n) is 6.81. The second-order valence-corrected chi connectivity index (χ2v) is 5.41. The van der Waals surface area contributed by atoms with Crippen molar-refractivity contribution in [1.29, 1.82) is 0 Å². The number of carbonyl (C=O) groups is 2. The molecule has 2 rings (SSSR count). The molecule has 3 atom stereocenters. The van der Waals surface area contributed by atoms with Gasteiger partial charge in [-0.2, -0.15) is 0 Å². The number of ether oxygens (including phenoxy) is 2. The van der Waals surface area contributed by atoms with E-state index in [0.29, 0.717) is 24.2 Å². The molecule has 0 saturated carbocycles. The minimum Gasteiger partial charge on any atom is -0.349 e. The molecule has 0 aromatic carbocycles. The van der Waals surface area contributed by atoms with E-state index < -0.39 is 6.29 Å². The molecule has 2 aliphatic rings. The van der Waals surface area contributed by atoms with Gasteiger partial charge >= 0.3 is 0 Å². The summed E-state index contributed by atoms with van der Waals surface area (Å²) in [6.45, 7) is 8.03. The average molecular weight is 276 g/mol. The quantitative estimate of drug-likeness (QED) is 0.571. The molecule has 4 nitrogen and oxygen atoms in total. The molecular weight excluding hydrogens is 256 g/mol. The second-order valence-electron chi connectivity index (χ2n) is 5.41. The van der Waals surface area contributed by atoms with Crippen LogP contribution in [0.4, 0.5) is 0 Å². The minimum absolute atomic E-state index is 0.0734. The fraction of sp³-hybridized carbons (Fsp3) is 0.500. The first-order valence-corrected chi connectivity index (χ1v) is 6.81. The van der Waals surface area contributed by atoms with Gasteiger partial charge < -0.3 is 9.47 Å². The normalized spacial score (nSPS) is 29.3. The van der Waals surface area contributed by atoms with Crippen molar-refractivity contribution < 1.29 is 19.1 Å². The number of aldehydes is 1. The number of hydrogen-bond acceptors (Lipinski definition) is 4. The van der Waals surface area contributed by atoms with E-state index in [4.69, 9.17) is 9.47 Å². The predicted octanol–water partition coefficient (Wildman–Crippen LogP) is 2.35. The zero-order valence-electron chi connectivity index (χ0n) is 11.9. The Kier molecular flexibility index (Phi) is 4.68. The summed E-state index contributed by atoms with van der Waals surface area (Å²) < 4.78 is 11.4. The van der Waals surface area contributed by atoms with Crippen molar-refractivity contribution in [3.8, 4) is 0 Å². The second kappa shape index (κ2) is 6.29. The molecule has 4 heteroatoms. The average Bonchev–Trinajstić information content (AvgIpc) is 2.39. The lowest BCUT2D eigenvalue weighted by Gasteiger charge is -2.35. The van der Waals surface area contributed by atoms with Crippen molar-refractivity contribution in [2.24, 2.45) is 5.92 Å². The van der Waals surface area contributed by atoms with Crippen molar-refractivity contribution in [2.75, 3.05) is 6.61 Å². The fourth-order valence-corrected chi connectivity index (χ4v) is 2.41. The Morgan fingerprint density at radius 3 is 2.95 bits per heavy atom. The molecule has 0 bridgehead atoms. The highest BCUT2D eigenvalue weighted by Crippen LogP contribution is 2.33. The highest BCUT2D eigenvalue weighted by Gasteiger charge is 2.36. The number of allylic oxidation sites excluding steroid dienone is 1. The summed E-state index contributed by atoms with van der Waals surface area (Å²) in [6.07, 6.45) is 4.57. The lowest BCUT2D eigenvalue weighted by molar-refractivity contribution is -0.153. The molecule has 0 aromatic heterocycles. The van der Waals surface area contributed by atoms with Crippen LogP contribution in [0.25, 0.3) is 0 Å². The van der Waals surface area contributed by atoms with Crippen LogP contribution in [0.15, 0.2) is 35.5 Å². The SMILES string of the molecule is C=C(C)CCOC1C=C(C=O)C2CC(=O)C(C)=CC2O1. The lowest BCUT2D eigenvalue weighted by Crippen LogP contribution is -2.39. The Morgan fingerprint density at radius 1 is 1.55 bits per heavy atom. The molecule has 0 N–H and O–H groups in total. The van der Waals surface area contributed by atoms with E-state index in [2.05, 4.69) is 6.58 Å². The largest absolute Gasteiger partial charge is 0.349 e. The van der Waals surface area contributed by atoms with Gasteiger partial charge in [0.15, 0.2) is 12.1 Å². The highest BCUT2D eigenvalue weighted by atomic mass is 16.7. The molecule has 0 spiro atoms. The van der Waals surface area contributed by atoms with Crippen LogP contribution in [0, 0.1) is 5.92 Å². The number of hydrogen-bond donors (Lipinski definition) is 0. The van der Waals surface area contributed by atoms with Crippen LogP contribution in [-0.4, -0.2) is 31.1 Å². The van der Waals surface area contributed by atoms with Crippen LogP contribution in [0.2, 0.25) is 0 Å². The van der Waals surface area contributed by atoms with Gasteiger partial charge in [0, 0.05) is 12.3 Å². The van der Waals surface area contributed by atoms with Gasteiger partial charge in [0.05, 0.1) is 12.7 Å². The minimum atomic E-state index is -0.534. The number of Topliss-reactive ketones (excluding diaryl/α,β-unsaturated/α-hetero) is 1. The molecule has 0 aromatic rings. The summed E-state index contributed by atoms with van der Waals surface area (Å²) in [5, 5.41) is 0. The molecule has 1 heterocycles. The third-order valence-corrected chi connectivity index (χ3v) is 3.65. The van der Waals surface area contributed by atoms with E-state index in [0.717, 1.165) is 18.3 Å². The van der Waals surface area contributed by atoms with Crippen LogP contribution in [-0.2, 0) is 19.1 Å². The third-order valence-electron chi connectivity index (χ3n) is 3.65. The molecule has 0 fully saturated rings. The lowest BCUT2D eigenvalue weighted by atomic mass is 9.81. The maximum absolute atomic E-state index is 11.7. The first kappa shape index (κ1) is 14.9. The zero-order valence-corrected chi connectivity index (χ0v) is 11.9. The van der Waals surface area contributed by atoms with Crippen LogP contribution in [0.3, 0.4) is 0 Å². The molecule has 108 valence electrons. The molecule has 1 aliphatic heterocycles. The molecule has 1 aliphatic carbocycles. The Hall–Kier alpha value is -1.52. The van der Waals surface area contributed by atoms with Crippen molar-refractivity contribution >= 4 is 12.1 Å². The van der Waals surface area contributed by atoms with E-state index in [-0.39, 0.29) is 17.8 Å². The van der Waals surface area contributed by atoms with Gasteiger partial charge in [-0.3, -0.25) is 9.59 Å². The van der Waals surface area contributed by atoms with E-state index in [1.165, 1.54) is 0 Å². The van der Waals surface area contributed by atoms with Crippen molar-refractivity contribution in [1.82, 2.24) is 0 Å². The summed E-state index contributed by atoms with van der Waals surface area (Å²) in [7, 11) is 0. The van der Waals surface area contributed by atoms with Gasteiger partial charge in [-0.05, 0) is 43.6 Å². The zero-order chi connectivity index (χ0) is 14.7. The van der Waals surface area contributed by atoms with Crippen LogP contribution in [0.5, 0.6) is 0 Å². The molecular formula is C16H20O4. The van der Waals surface area contributed by atoms with Crippen molar-refractivity contribution in [2.45, 2.75) is 39.1 Å². The van der Waals surface area contributed by atoms with E-state index in [1.807, 2.05) is 6.92 Å². The maximum Gasteiger partial charge on any atom is 0.178 e. The molecule has 20 heavy (non-hydrogen) atoms. The van der Waals surface area contributed by atoms with E-state index in [1.54, 1.807) is 19.1 Å². The highest BCUT2D eigenvalue weighted by molar-refractivity contribution is 5.97. The van der Waals surface area contributed by atoms with Crippen LogP contribution >= 0.6 is 0 Å². The standard InChI is InChI=1S/C16H20O4/c1-10(2)4-5-19-16-7-12(9-17)13-8-14(18)11(3)6-15(13)20-16/h6-7,9,13,15-16H,1,4-5,8H2,2-3H3. The predicted molar refractivity (Wildman–Crippen MR) is 75.1 cm³/mol. The Balaban J connectivity index is 2.08. The summed E-state index contributed by atoms with van der Waals surface area (Å²) in [4.78, 5) is 22.9. The number of rotatable bonds is 5. The van der Waals surface area contributed by atoms with E-state index >= 15 is 0 Å². The topological polar surface area (TPSA) is 52.6 Å². The van der Waals surface area contributed by atoms with Crippen LogP contribution < -0.4 is 0 Å². The number of fused-ring (bicyclic) bond motifs is 1. The fourth-order valence-electron chi connectivity index (χ4n) is 2.41. The molecule has 3 unspecified atom stereocenters. The van der Waals surface area contributed by atoms with Crippen molar-refractivity contribution in [3.05, 3.63) is 35.5 Å². The van der Waals surface area contributed by atoms with Gasteiger partial charge in [-0.15, -0.1) is 6.58 Å². The Labute approximate surface area is 119 Å². The van der Waals surface area contributed by atoms with Gasteiger partial charge in [0.25, 0.3) is 0 Å². The Morgan fingerprint density at radius 2 is 2.30 bits per heavy atom. The summed E-state index contributed by atoms with van der Waals surface area (Å²) in [5.41, 5.74) is 2.33. The van der Waals surface area contributed by atoms with Crippen molar-refractivity contribution in [3.63, 3.8) is 0 Å². The Bertz CT molecular complexity index is 487. The van der Waals surface area contributed by atoms with Gasteiger partial charge in [-0.1, -0.05) is 5.57 Å². The molecule has 0 saturated heterocycles. The summed E-state index contributed by atoms with van der Waals surface area (Å²) in [5.74, 6) is -0.103. The maximum atomic E-state index is 11.7. The summed E-state index contributed by atoms with van der Waals surface area (Å²) >= 11 is 0. The summed E-state index contributed by atoms with van der Waals surface area (Å²) in [6, 6.07) is 0. The third kappa shape index (κ3) is 3.32. The smallest absolute Gasteiger partial charge is 0.178 e. The molecule has 0 amide bonds. The monoisotopic (exact) mass is 276 g/mol. The number of ketones is 1. The first-order chi connectivity index (χ1) is 9.51. The van der Waals surface area contributed by atoms with Gasteiger partial charge in [-0.25, -0.2) is 0 Å². The number of carbonyl (C=O) groups excluding carboxylic acids is 2. The van der Waals surface area contributed by atoms with Gasteiger partial charge in [0.1, 0.15) is 6.29 Å². The van der Waals surface area contributed by atoms with Gasteiger partial charge in [0.2, 0.25) is 0 Å².